The van der Waals surface area contributed by atoms with Crippen molar-refractivity contribution >= 4 is 29.9 Å². The smallest absolute Gasteiger partial charge is 0.231 e. The molecule has 1 N–H and O–H groups in total. The van der Waals surface area contributed by atoms with Crippen molar-refractivity contribution in [1.82, 2.24) is 20.3 Å². The monoisotopic (exact) mass is 525 g/mol. The molecule has 2 aromatic rings. The summed E-state index contributed by atoms with van der Waals surface area (Å²) in [7, 11) is 1.87. The molecule has 0 bridgehead atoms. The Labute approximate surface area is 193 Å². The van der Waals surface area contributed by atoms with Gasteiger partial charge in [0.1, 0.15) is 6.26 Å². The lowest BCUT2D eigenvalue weighted by molar-refractivity contribution is 0.169. The van der Waals surface area contributed by atoms with Gasteiger partial charge in [0.25, 0.3) is 0 Å². The van der Waals surface area contributed by atoms with Crippen LogP contribution in [0.2, 0.25) is 0 Å². The molecule has 162 valence electrons. The molecule has 1 saturated carbocycles. The summed E-state index contributed by atoms with van der Waals surface area (Å²) in [5.74, 6) is 2.69. The van der Waals surface area contributed by atoms with Crippen LogP contribution in [0.5, 0.6) is 11.5 Å². The lowest BCUT2D eigenvalue weighted by Gasteiger charge is -2.36. The zero-order chi connectivity index (χ0) is 19.7. The summed E-state index contributed by atoms with van der Waals surface area (Å²) in [6, 6.07) is 8.27. The number of aliphatic imine (C=N–C) groups is 1. The minimum atomic E-state index is 0. The first kappa shape index (κ1) is 21.2. The van der Waals surface area contributed by atoms with Gasteiger partial charge < -0.3 is 24.2 Å². The molecule has 2 fully saturated rings. The van der Waals surface area contributed by atoms with Crippen LogP contribution in [0.1, 0.15) is 24.1 Å². The highest BCUT2D eigenvalue weighted by Crippen LogP contribution is 2.49. The number of fused-ring (bicyclic) bond motifs is 1. The number of guanidine groups is 1. The molecule has 1 aliphatic carbocycles. The average Bonchev–Trinajstić information content (AvgIpc) is 3.14. The molecule has 3 aliphatic rings. The van der Waals surface area contributed by atoms with E-state index in [2.05, 4.69) is 37.4 Å². The molecule has 3 heterocycles. The third-order valence-corrected chi connectivity index (χ3v) is 6.18. The van der Waals surface area contributed by atoms with Crippen molar-refractivity contribution in [1.29, 1.82) is 0 Å². The quantitative estimate of drug-likeness (QED) is 0.365. The second kappa shape index (κ2) is 9.01. The van der Waals surface area contributed by atoms with Crippen molar-refractivity contribution in [2.24, 2.45) is 4.99 Å². The summed E-state index contributed by atoms with van der Waals surface area (Å²) in [6.45, 7) is 5.92. The number of hydrogen-bond donors (Lipinski definition) is 1. The predicted octanol–water partition coefficient (Wildman–Crippen LogP) is 2.45. The van der Waals surface area contributed by atoms with E-state index in [0.717, 1.165) is 62.4 Å². The molecular weight excluding hydrogens is 497 g/mol. The first-order valence-electron chi connectivity index (χ1n) is 10.2. The van der Waals surface area contributed by atoms with Crippen LogP contribution in [0.15, 0.2) is 40.0 Å². The van der Waals surface area contributed by atoms with Crippen LogP contribution in [0.25, 0.3) is 0 Å². The summed E-state index contributed by atoms with van der Waals surface area (Å²) < 4.78 is 15.9. The van der Waals surface area contributed by atoms with Gasteiger partial charge in [-0.25, -0.2) is 0 Å². The van der Waals surface area contributed by atoms with Crippen molar-refractivity contribution in [3.8, 4) is 11.5 Å². The van der Waals surface area contributed by atoms with Gasteiger partial charge >= 0.3 is 0 Å². The maximum absolute atomic E-state index is 5.56. The molecule has 9 heteroatoms. The third-order valence-electron chi connectivity index (χ3n) is 6.18. The van der Waals surface area contributed by atoms with Gasteiger partial charge in [-0.15, -0.1) is 24.0 Å². The zero-order valence-corrected chi connectivity index (χ0v) is 19.5. The van der Waals surface area contributed by atoms with E-state index >= 15 is 0 Å². The van der Waals surface area contributed by atoms with Crippen LogP contribution in [0, 0.1) is 0 Å². The molecule has 0 atom stereocenters. The number of piperazine rings is 1. The lowest BCUT2D eigenvalue weighted by atomic mass is 9.95. The van der Waals surface area contributed by atoms with Gasteiger partial charge in [0, 0.05) is 57.8 Å². The first-order chi connectivity index (χ1) is 14.3. The number of nitrogens with zero attached hydrogens (tertiary/aromatic N) is 4. The normalized spacial score (nSPS) is 20.0. The number of aromatic nitrogens is 1. The largest absolute Gasteiger partial charge is 0.454 e. The summed E-state index contributed by atoms with van der Waals surface area (Å²) in [6.07, 6.45) is 4.00. The van der Waals surface area contributed by atoms with Crippen molar-refractivity contribution in [3.05, 3.63) is 41.8 Å². The van der Waals surface area contributed by atoms with E-state index in [9.17, 15) is 0 Å². The molecule has 1 aromatic carbocycles. The standard InChI is InChI=1S/C21H27N5O3.HI/c1-22-20(26-9-7-25(8-10-26)13-17-4-11-29-24-17)23-14-21(5-6-21)16-2-3-18-19(12-16)28-15-27-18;/h2-4,11-12H,5-10,13-15H2,1H3,(H,22,23);1H. The predicted molar refractivity (Wildman–Crippen MR) is 124 cm³/mol. The summed E-state index contributed by atoms with van der Waals surface area (Å²) >= 11 is 0. The van der Waals surface area contributed by atoms with Crippen LogP contribution in [0.4, 0.5) is 0 Å². The minimum absolute atomic E-state index is 0. The minimum Gasteiger partial charge on any atom is -0.454 e. The molecule has 0 amide bonds. The summed E-state index contributed by atoms with van der Waals surface area (Å²) in [5.41, 5.74) is 2.48. The molecule has 5 rings (SSSR count). The number of rotatable bonds is 5. The van der Waals surface area contributed by atoms with Gasteiger partial charge in [0.2, 0.25) is 6.79 Å². The maximum atomic E-state index is 5.56. The third kappa shape index (κ3) is 4.36. The number of halogens is 1. The summed E-state index contributed by atoms with van der Waals surface area (Å²) in [4.78, 5) is 9.28. The fourth-order valence-corrected chi connectivity index (χ4v) is 4.19. The second-order valence-electron chi connectivity index (χ2n) is 8.00. The van der Waals surface area contributed by atoms with E-state index in [1.165, 1.54) is 18.4 Å². The van der Waals surface area contributed by atoms with Gasteiger partial charge in [-0.2, -0.15) is 0 Å². The molecule has 1 aromatic heterocycles. The molecule has 8 nitrogen and oxygen atoms in total. The highest BCUT2D eigenvalue weighted by molar-refractivity contribution is 14.0. The fourth-order valence-electron chi connectivity index (χ4n) is 4.19. The van der Waals surface area contributed by atoms with Gasteiger partial charge in [0.05, 0.1) is 5.69 Å². The van der Waals surface area contributed by atoms with Gasteiger partial charge in [-0.3, -0.25) is 9.89 Å². The molecule has 0 spiro atoms. The van der Waals surface area contributed by atoms with Crippen molar-refractivity contribution in [3.63, 3.8) is 0 Å². The van der Waals surface area contributed by atoms with Crippen LogP contribution in [0.3, 0.4) is 0 Å². The molecule has 0 unspecified atom stereocenters. The van der Waals surface area contributed by atoms with Crippen LogP contribution in [-0.2, 0) is 12.0 Å². The SMILES string of the molecule is CN=C(NCC1(c2ccc3c(c2)OCO3)CC1)N1CCN(Cc2ccon2)CC1.I. The Hall–Kier alpha value is -2.01. The van der Waals surface area contributed by atoms with Crippen LogP contribution >= 0.6 is 24.0 Å². The lowest BCUT2D eigenvalue weighted by Crippen LogP contribution is -2.53. The Morgan fingerprint density at radius 3 is 2.63 bits per heavy atom. The number of ether oxygens (including phenoxy) is 2. The van der Waals surface area contributed by atoms with E-state index in [1.807, 2.05) is 19.2 Å². The number of nitrogens with one attached hydrogen (secondary N) is 1. The number of benzene rings is 1. The second-order valence-corrected chi connectivity index (χ2v) is 8.00. The van der Waals surface area contributed by atoms with Gasteiger partial charge in [-0.1, -0.05) is 11.2 Å². The molecular formula is C21H28IN5O3. The Morgan fingerprint density at radius 1 is 1.13 bits per heavy atom. The Bertz CT molecular complexity index is 877. The van der Waals surface area contributed by atoms with E-state index in [-0.39, 0.29) is 29.4 Å². The van der Waals surface area contributed by atoms with Crippen molar-refractivity contribution < 1.29 is 14.0 Å². The van der Waals surface area contributed by atoms with E-state index in [0.29, 0.717) is 6.79 Å². The van der Waals surface area contributed by atoms with Crippen molar-refractivity contribution in [2.75, 3.05) is 46.6 Å². The van der Waals surface area contributed by atoms with Crippen molar-refractivity contribution in [2.45, 2.75) is 24.8 Å². The first-order valence-corrected chi connectivity index (χ1v) is 10.2. The van der Waals surface area contributed by atoms with E-state index < -0.39 is 0 Å². The molecule has 1 saturated heterocycles. The Balaban J connectivity index is 0.00000218. The van der Waals surface area contributed by atoms with Crippen LogP contribution in [-0.4, -0.2) is 67.5 Å². The van der Waals surface area contributed by atoms with Gasteiger partial charge in [0.15, 0.2) is 17.5 Å². The molecule has 2 aliphatic heterocycles. The maximum Gasteiger partial charge on any atom is 0.231 e. The Morgan fingerprint density at radius 2 is 1.93 bits per heavy atom. The molecule has 30 heavy (non-hydrogen) atoms. The molecule has 0 radical (unpaired) electrons. The Kier molecular flexibility index (Phi) is 6.37. The number of hydrogen-bond acceptors (Lipinski definition) is 6. The highest BCUT2D eigenvalue weighted by atomic mass is 127. The van der Waals surface area contributed by atoms with Crippen LogP contribution < -0.4 is 14.8 Å². The highest BCUT2D eigenvalue weighted by Gasteiger charge is 2.45. The van der Waals surface area contributed by atoms with E-state index in [1.54, 1.807) is 6.26 Å². The topological polar surface area (TPSA) is 75.4 Å². The fraction of sp³-hybridized carbons (Fsp3) is 0.524. The average molecular weight is 525 g/mol. The zero-order valence-electron chi connectivity index (χ0n) is 17.2. The van der Waals surface area contributed by atoms with E-state index in [4.69, 9.17) is 14.0 Å². The summed E-state index contributed by atoms with van der Waals surface area (Å²) in [5, 5.41) is 7.64. The van der Waals surface area contributed by atoms with Gasteiger partial charge in [-0.05, 0) is 30.5 Å².